The van der Waals surface area contributed by atoms with E-state index in [-0.39, 0.29) is 0 Å². The van der Waals surface area contributed by atoms with Crippen LogP contribution < -0.4 is 14.8 Å². The van der Waals surface area contributed by atoms with Gasteiger partial charge in [-0.3, -0.25) is 0 Å². The first-order valence-corrected chi connectivity index (χ1v) is 6.30. The van der Waals surface area contributed by atoms with Crippen LogP contribution >= 0.6 is 0 Å². The van der Waals surface area contributed by atoms with Gasteiger partial charge in [-0.2, -0.15) is 0 Å². The van der Waals surface area contributed by atoms with Crippen molar-refractivity contribution in [2.75, 3.05) is 41.0 Å². The van der Waals surface area contributed by atoms with Gasteiger partial charge in [0.05, 0.1) is 26.9 Å². The van der Waals surface area contributed by atoms with E-state index in [4.69, 9.17) is 14.2 Å². The van der Waals surface area contributed by atoms with E-state index in [1.165, 1.54) is 0 Å². The Morgan fingerprint density at radius 1 is 1.16 bits per heavy atom. The fourth-order valence-electron chi connectivity index (χ4n) is 1.79. The van der Waals surface area contributed by atoms with Crippen LogP contribution in [0.3, 0.4) is 0 Å². The molecule has 0 aliphatic heterocycles. The summed E-state index contributed by atoms with van der Waals surface area (Å²) in [7, 11) is 4.82. The highest BCUT2D eigenvalue weighted by atomic mass is 16.5. The first-order chi connectivity index (χ1) is 9.21. The number of hydrogen-bond donors (Lipinski definition) is 2. The largest absolute Gasteiger partial charge is 0.493 e. The van der Waals surface area contributed by atoms with E-state index in [0.29, 0.717) is 13.2 Å². The Labute approximate surface area is 114 Å². The van der Waals surface area contributed by atoms with Gasteiger partial charge in [0.25, 0.3) is 0 Å². The van der Waals surface area contributed by atoms with E-state index in [1.54, 1.807) is 21.3 Å². The summed E-state index contributed by atoms with van der Waals surface area (Å²) < 4.78 is 15.3. The van der Waals surface area contributed by atoms with Crippen molar-refractivity contribution >= 4 is 0 Å². The van der Waals surface area contributed by atoms with E-state index < -0.39 is 6.10 Å². The standard InChI is InChI=1S/C14H23NO4/c1-17-10-12(16)9-15-7-6-11-4-5-13(18-2)14(8-11)19-3/h4-5,8,12,15-16H,6-7,9-10H2,1-3H3/t12-/m0/s1. The van der Waals surface area contributed by atoms with Crippen LogP contribution in [0.4, 0.5) is 0 Å². The van der Waals surface area contributed by atoms with Gasteiger partial charge in [-0.1, -0.05) is 6.07 Å². The summed E-state index contributed by atoms with van der Waals surface area (Å²) in [5.41, 5.74) is 1.16. The third kappa shape index (κ3) is 5.46. The fraction of sp³-hybridized carbons (Fsp3) is 0.571. The van der Waals surface area contributed by atoms with Crippen molar-refractivity contribution < 1.29 is 19.3 Å². The fourth-order valence-corrected chi connectivity index (χ4v) is 1.79. The number of benzene rings is 1. The van der Waals surface area contributed by atoms with E-state index in [9.17, 15) is 5.11 Å². The minimum absolute atomic E-state index is 0.351. The average molecular weight is 269 g/mol. The Bertz CT molecular complexity index is 370. The SMILES string of the molecule is COC[C@@H](O)CNCCc1ccc(OC)c(OC)c1. The van der Waals surface area contributed by atoms with Crippen molar-refractivity contribution in [3.05, 3.63) is 23.8 Å². The van der Waals surface area contributed by atoms with Gasteiger partial charge in [-0.15, -0.1) is 0 Å². The van der Waals surface area contributed by atoms with Crippen LogP contribution in [0.2, 0.25) is 0 Å². The predicted octanol–water partition coefficient (Wildman–Crippen LogP) is 0.843. The Morgan fingerprint density at radius 2 is 1.89 bits per heavy atom. The molecule has 0 amide bonds. The van der Waals surface area contributed by atoms with Crippen molar-refractivity contribution in [3.63, 3.8) is 0 Å². The van der Waals surface area contributed by atoms with E-state index in [0.717, 1.165) is 30.0 Å². The molecular weight excluding hydrogens is 246 g/mol. The summed E-state index contributed by atoms with van der Waals surface area (Å²) in [4.78, 5) is 0. The molecular formula is C14H23NO4. The molecule has 0 heterocycles. The van der Waals surface area contributed by atoms with Crippen molar-refractivity contribution in [2.45, 2.75) is 12.5 Å². The molecule has 1 aromatic carbocycles. The van der Waals surface area contributed by atoms with Gasteiger partial charge in [0.15, 0.2) is 11.5 Å². The molecule has 0 bridgehead atoms. The molecule has 0 saturated heterocycles. The Morgan fingerprint density at radius 3 is 2.53 bits per heavy atom. The molecule has 5 heteroatoms. The van der Waals surface area contributed by atoms with Crippen LogP contribution in [0, 0.1) is 0 Å². The van der Waals surface area contributed by atoms with Gasteiger partial charge < -0.3 is 24.6 Å². The number of nitrogens with one attached hydrogen (secondary N) is 1. The third-order valence-electron chi connectivity index (χ3n) is 2.78. The second-order valence-electron chi connectivity index (χ2n) is 4.25. The Hall–Kier alpha value is -1.30. The Balaban J connectivity index is 2.37. The second-order valence-corrected chi connectivity index (χ2v) is 4.25. The normalized spacial score (nSPS) is 12.2. The van der Waals surface area contributed by atoms with Crippen LogP contribution in [0.1, 0.15) is 5.56 Å². The predicted molar refractivity (Wildman–Crippen MR) is 74.0 cm³/mol. The molecule has 0 spiro atoms. The first-order valence-electron chi connectivity index (χ1n) is 6.30. The summed E-state index contributed by atoms with van der Waals surface area (Å²) in [6.07, 6.45) is 0.399. The van der Waals surface area contributed by atoms with Crippen LogP contribution in [0.5, 0.6) is 11.5 Å². The van der Waals surface area contributed by atoms with Crippen molar-refractivity contribution in [1.82, 2.24) is 5.32 Å². The molecule has 0 radical (unpaired) electrons. The highest BCUT2D eigenvalue weighted by Crippen LogP contribution is 2.27. The van der Waals surface area contributed by atoms with Crippen molar-refractivity contribution in [1.29, 1.82) is 0 Å². The Kier molecular flexibility index (Phi) is 7.25. The van der Waals surface area contributed by atoms with Crippen LogP contribution in [0.25, 0.3) is 0 Å². The van der Waals surface area contributed by atoms with E-state index >= 15 is 0 Å². The van der Waals surface area contributed by atoms with Gasteiger partial charge in [-0.05, 0) is 30.7 Å². The van der Waals surface area contributed by atoms with Crippen molar-refractivity contribution in [2.24, 2.45) is 0 Å². The number of aliphatic hydroxyl groups is 1. The van der Waals surface area contributed by atoms with Gasteiger partial charge in [0.1, 0.15) is 0 Å². The lowest BCUT2D eigenvalue weighted by Crippen LogP contribution is -2.31. The minimum atomic E-state index is -0.463. The summed E-state index contributed by atoms with van der Waals surface area (Å²) in [5, 5.41) is 12.7. The van der Waals surface area contributed by atoms with Crippen LogP contribution in [0.15, 0.2) is 18.2 Å². The quantitative estimate of drug-likeness (QED) is 0.651. The van der Waals surface area contributed by atoms with Gasteiger partial charge in [0, 0.05) is 13.7 Å². The molecule has 0 saturated carbocycles. The summed E-state index contributed by atoms with van der Waals surface area (Å²) in [5.74, 6) is 1.47. The molecule has 1 atom stereocenters. The molecule has 5 nitrogen and oxygen atoms in total. The van der Waals surface area contributed by atoms with E-state index in [1.807, 2.05) is 18.2 Å². The molecule has 0 aromatic heterocycles. The number of hydrogen-bond acceptors (Lipinski definition) is 5. The molecule has 0 aliphatic carbocycles. The van der Waals surface area contributed by atoms with Crippen LogP contribution in [-0.4, -0.2) is 52.2 Å². The third-order valence-corrected chi connectivity index (χ3v) is 2.78. The zero-order valence-electron chi connectivity index (χ0n) is 11.8. The maximum atomic E-state index is 9.47. The minimum Gasteiger partial charge on any atom is -0.493 e. The molecule has 19 heavy (non-hydrogen) atoms. The maximum Gasteiger partial charge on any atom is 0.160 e. The molecule has 0 unspecified atom stereocenters. The zero-order valence-corrected chi connectivity index (χ0v) is 11.8. The van der Waals surface area contributed by atoms with Crippen molar-refractivity contribution in [3.8, 4) is 11.5 Å². The van der Waals surface area contributed by atoms with Gasteiger partial charge >= 0.3 is 0 Å². The number of ether oxygens (including phenoxy) is 3. The molecule has 0 aliphatic rings. The number of aliphatic hydroxyl groups excluding tert-OH is 1. The lowest BCUT2D eigenvalue weighted by Gasteiger charge is -2.12. The van der Waals surface area contributed by atoms with Gasteiger partial charge in [-0.25, -0.2) is 0 Å². The monoisotopic (exact) mass is 269 g/mol. The lowest BCUT2D eigenvalue weighted by atomic mass is 10.1. The smallest absolute Gasteiger partial charge is 0.160 e. The molecule has 0 fully saturated rings. The topological polar surface area (TPSA) is 60.0 Å². The number of rotatable bonds is 9. The lowest BCUT2D eigenvalue weighted by molar-refractivity contribution is 0.0648. The highest BCUT2D eigenvalue weighted by Gasteiger charge is 2.05. The van der Waals surface area contributed by atoms with Crippen LogP contribution in [-0.2, 0) is 11.2 Å². The molecule has 2 N–H and O–H groups in total. The second kappa shape index (κ2) is 8.74. The summed E-state index contributed by atoms with van der Waals surface area (Å²) in [6, 6.07) is 5.87. The maximum absolute atomic E-state index is 9.47. The zero-order chi connectivity index (χ0) is 14.1. The highest BCUT2D eigenvalue weighted by molar-refractivity contribution is 5.42. The van der Waals surface area contributed by atoms with E-state index in [2.05, 4.69) is 5.32 Å². The molecule has 108 valence electrons. The molecule has 1 rings (SSSR count). The number of methoxy groups -OCH3 is 3. The molecule has 1 aromatic rings. The summed E-state index contributed by atoms with van der Waals surface area (Å²) in [6.45, 7) is 1.67. The average Bonchev–Trinajstić information content (AvgIpc) is 2.43. The van der Waals surface area contributed by atoms with Gasteiger partial charge in [0.2, 0.25) is 0 Å². The first kappa shape index (κ1) is 15.8. The summed E-state index contributed by atoms with van der Waals surface area (Å²) >= 11 is 0.